The van der Waals surface area contributed by atoms with Crippen LogP contribution in [0.5, 0.6) is 11.5 Å². The van der Waals surface area contributed by atoms with Gasteiger partial charge in [0.05, 0.1) is 5.52 Å². The SMILES string of the molecule is CCCNC(=O)Nc1ccc(Oc2ccc(NC(=O)c3ccc(-n4cc(CN5CCCC5)c5ccccc54)cc3)cc2)cc1. The highest BCUT2D eigenvalue weighted by atomic mass is 16.5. The summed E-state index contributed by atoms with van der Waals surface area (Å²) >= 11 is 0. The van der Waals surface area contributed by atoms with Gasteiger partial charge in [-0.15, -0.1) is 0 Å². The van der Waals surface area contributed by atoms with E-state index in [0.29, 0.717) is 35.0 Å². The zero-order valence-corrected chi connectivity index (χ0v) is 24.9. The highest BCUT2D eigenvalue weighted by Gasteiger charge is 2.16. The van der Waals surface area contributed by atoms with E-state index in [-0.39, 0.29) is 11.9 Å². The van der Waals surface area contributed by atoms with Gasteiger partial charge in [0, 0.05) is 47.3 Å². The van der Waals surface area contributed by atoms with Crippen LogP contribution < -0.4 is 20.7 Å². The molecule has 3 N–H and O–H groups in total. The maximum atomic E-state index is 13.0. The Labute approximate surface area is 257 Å². The van der Waals surface area contributed by atoms with Gasteiger partial charge in [-0.1, -0.05) is 25.1 Å². The summed E-state index contributed by atoms with van der Waals surface area (Å²) in [5.41, 5.74) is 5.46. The molecule has 5 aromatic rings. The lowest BCUT2D eigenvalue weighted by Crippen LogP contribution is -2.29. The van der Waals surface area contributed by atoms with Crippen molar-refractivity contribution < 1.29 is 14.3 Å². The van der Waals surface area contributed by atoms with Crippen LogP contribution in [-0.4, -0.2) is 41.0 Å². The van der Waals surface area contributed by atoms with Gasteiger partial charge in [0.2, 0.25) is 0 Å². The van der Waals surface area contributed by atoms with Crippen molar-refractivity contribution in [3.8, 4) is 17.2 Å². The Balaban J connectivity index is 1.06. The Kier molecular flexibility index (Phi) is 8.89. The summed E-state index contributed by atoms with van der Waals surface area (Å²) in [6.45, 7) is 5.91. The fraction of sp³-hybridized carbons (Fsp3) is 0.222. The molecule has 0 bridgehead atoms. The number of para-hydroxylation sites is 1. The summed E-state index contributed by atoms with van der Waals surface area (Å²) in [6, 6.07) is 30.4. The molecule has 6 rings (SSSR count). The Morgan fingerprint density at radius 3 is 2.07 bits per heavy atom. The summed E-state index contributed by atoms with van der Waals surface area (Å²) in [6.07, 6.45) is 5.66. The molecule has 1 aliphatic rings. The van der Waals surface area contributed by atoms with Crippen molar-refractivity contribution in [2.45, 2.75) is 32.7 Å². The largest absolute Gasteiger partial charge is 0.457 e. The highest BCUT2D eigenvalue weighted by molar-refractivity contribution is 6.04. The molecule has 0 saturated carbocycles. The standard InChI is InChI=1S/C36H37N5O3/c1-2-21-37-36(43)39-29-13-19-32(20-14-29)44-31-17-11-28(12-18-31)38-35(42)26-9-15-30(16-10-26)41-25-27(24-40-22-5-6-23-40)33-7-3-4-8-34(33)41/h3-4,7-20,25H,2,5-6,21-24H2,1H3,(H,38,42)(H2,37,39,43). The molecule has 224 valence electrons. The molecule has 8 nitrogen and oxygen atoms in total. The minimum atomic E-state index is -0.231. The number of urea groups is 1. The molecule has 1 aromatic heterocycles. The molecule has 0 unspecified atom stereocenters. The van der Waals surface area contributed by atoms with E-state index in [2.05, 4.69) is 55.9 Å². The summed E-state index contributed by atoms with van der Waals surface area (Å²) in [7, 11) is 0. The quantitative estimate of drug-likeness (QED) is 0.156. The lowest BCUT2D eigenvalue weighted by molar-refractivity contribution is 0.102. The average molecular weight is 588 g/mol. The first-order valence-electron chi connectivity index (χ1n) is 15.2. The number of carbonyl (C=O) groups excluding carboxylic acids is 2. The normalized spacial score (nSPS) is 13.1. The number of nitrogens with one attached hydrogen (secondary N) is 3. The third-order valence-electron chi connectivity index (χ3n) is 7.79. The van der Waals surface area contributed by atoms with E-state index in [1.165, 1.54) is 29.3 Å². The van der Waals surface area contributed by atoms with E-state index in [0.717, 1.165) is 31.7 Å². The summed E-state index contributed by atoms with van der Waals surface area (Å²) < 4.78 is 8.14. The summed E-state index contributed by atoms with van der Waals surface area (Å²) in [5.74, 6) is 1.10. The number of aromatic nitrogens is 1. The number of hydrogen-bond donors (Lipinski definition) is 3. The van der Waals surface area contributed by atoms with E-state index < -0.39 is 0 Å². The van der Waals surface area contributed by atoms with E-state index in [9.17, 15) is 9.59 Å². The number of fused-ring (bicyclic) bond motifs is 1. The fourth-order valence-corrected chi connectivity index (χ4v) is 5.51. The van der Waals surface area contributed by atoms with Crippen molar-refractivity contribution in [3.05, 3.63) is 114 Å². The van der Waals surface area contributed by atoms with Crippen LogP contribution in [0.2, 0.25) is 0 Å². The molecule has 4 aromatic carbocycles. The van der Waals surface area contributed by atoms with Crippen LogP contribution in [0.1, 0.15) is 42.1 Å². The number of benzene rings is 4. The molecule has 44 heavy (non-hydrogen) atoms. The van der Waals surface area contributed by atoms with Gasteiger partial charge in [-0.05, 0) is 117 Å². The zero-order chi connectivity index (χ0) is 30.3. The van der Waals surface area contributed by atoms with Crippen molar-refractivity contribution in [2.24, 2.45) is 0 Å². The second-order valence-corrected chi connectivity index (χ2v) is 11.1. The minimum absolute atomic E-state index is 0.177. The van der Waals surface area contributed by atoms with Gasteiger partial charge >= 0.3 is 6.03 Å². The van der Waals surface area contributed by atoms with Gasteiger partial charge in [-0.25, -0.2) is 4.79 Å². The molecule has 1 fully saturated rings. The molecule has 0 spiro atoms. The van der Waals surface area contributed by atoms with Crippen LogP contribution in [-0.2, 0) is 6.54 Å². The first kappa shape index (κ1) is 29.0. The van der Waals surface area contributed by atoms with Gasteiger partial charge in [0.25, 0.3) is 5.91 Å². The van der Waals surface area contributed by atoms with Crippen molar-refractivity contribution in [2.75, 3.05) is 30.3 Å². The number of rotatable bonds is 10. The lowest BCUT2D eigenvalue weighted by Gasteiger charge is -2.13. The van der Waals surface area contributed by atoms with Gasteiger partial charge in [-0.3, -0.25) is 9.69 Å². The van der Waals surface area contributed by atoms with Gasteiger partial charge in [-0.2, -0.15) is 0 Å². The zero-order valence-electron chi connectivity index (χ0n) is 24.9. The summed E-state index contributed by atoms with van der Waals surface area (Å²) in [5, 5.41) is 9.81. The van der Waals surface area contributed by atoms with Gasteiger partial charge in [0.15, 0.2) is 0 Å². The second kappa shape index (κ2) is 13.5. The van der Waals surface area contributed by atoms with Crippen LogP contribution in [0.15, 0.2) is 103 Å². The van der Waals surface area contributed by atoms with Crippen LogP contribution in [0.4, 0.5) is 16.2 Å². The topological polar surface area (TPSA) is 87.6 Å². The molecule has 0 radical (unpaired) electrons. The number of nitrogens with zero attached hydrogens (tertiary/aromatic N) is 2. The van der Waals surface area contributed by atoms with Crippen LogP contribution in [0, 0.1) is 0 Å². The molecule has 2 heterocycles. The number of hydrogen-bond acceptors (Lipinski definition) is 4. The Morgan fingerprint density at radius 1 is 0.773 bits per heavy atom. The maximum absolute atomic E-state index is 13.0. The smallest absolute Gasteiger partial charge is 0.319 e. The second-order valence-electron chi connectivity index (χ2n) is 11.1. The Morgan fingerprint density at radius 2 is 1.41 bits per heavy atom. The third-order valence-corrected chi connectivity index (χ3v) is 7.79. The predicted octanol–water partition coefficient (Wildman–Crippen LogP) is 7.80. The molecule has 1 saturated heterocycles. The molecule has 3 amide bonds. The van der Waals surface area contributed by atoms with Crippen molar-refractivity contribution >= 4 is 34.2 Å². The number of anilines is 2. The van der Waals surface area contributed by atoms with Crippen LogP contribution in [0.3, 0.4) is 0 Å². The van der Waals surface area contributed by atoms with Crippen LogP contribution in [0.25, 0.3) is 16.6 Å². The number of carbonyl (C=O) groups is 2. The first-order chi connectivity index (χ1) is 21.6. The van der Waals surface area contributed by atoms with Crippen molar-refractivity contribution in [1.82, 2.24) is 14.8 Å². The number of likely N-dealkylation sites (tertiary alicyclic amines) is 1. The molecule has 0 atom stereocenters. The van der Waals surface area contributed by atoms with E-state index in [4.69, 9.17) is 4.74 Å². The predicted molar refractivity (Wildman–Crippen MR) is 176 cm³/mol. The summed E-state index contributed by atoms with van der Waals surface area (Å²) in [4.78, 5) is 27.4. The third kappa shape index (κ3) is 6.93. The van der Waals surface area contributed by atoms with Gasteiger partial charge < -0.3 is 25.3 Å². The Hall–Kier alpha value is -5.08. The van der Waals surface area contributed by atoms with Crippen molar-refractivity contribution in [1.29, 1.82) is 0 Å². The first-order valence-corrected chi connectivity index (χ1v) is 15.2. The Bertz CT molecular complexity index is 1720. The molecule has 1 aliphatic heterocycles. The van der Waals surface area contributed by atoms with E-state index >= 15 is 0 Å². The lowest BCUT2D eigenvalue weighted by atomic mass is 10.1. The molecule has 0 aliphatic carbocycles. The maximum Gasteiger partial charge on any atom is 0.319 e. The molecule has 8 heteroatoms. The van der Waals surface area contributed by atoms with Crippen molar-refractivity contribution in [3.63, 3.8) is 0 Å². The monoisotopic (exact) mass is 587 g/mol. The van der Waals surface area contributed by atoms with Crippen LogP contribution >= 0.6 is 0 Å². The fourth-order valence-electron chi connectivity index (χ4n) is 5.51. The van der Waals surface area contributed by atoms with E-state index in [1.807, 2.05) is 43.3 Å². The average Bonchev–Trinajstić information content (AvgIpc) is 3.70. The minimum Gasteiger partial charge on any atom is -0.457 e. The van der Waals surface area contributed by atoms with E-state index in [1.54, 1.807) is 36.4 Å². The molecular formula is C36H37N5O3. The number of ether oxygens (including phenoxy) is 1. The molecular weight excluding hydrogens is 550 g/mol. The van der Waals surface area contributed by atoms with Gasteiger partial charge in [0.1, 0.15) is 11.5 Å². The number of amides is 3. The highest BCUT2D eigenvalue weighted by Crippen LogP contribution is 2.28.